The lowest BCUT2D eigenvalue weighted by Crippen LogP contribution is -2.58. The first-order chi connectivity index (χ1) is 17.1. The quantitative estimate of drug-likeness (QED) is 0.0936. The van der Waals surface area contributed by atoms with Crippen LogP contribution in [-0.2, 0) is 30.4 Å². The number of H-pyrrole nitrogens is 1. The second kappa shape index (κ2) is 16.5. The van der Waals surface area contributed by atoms with Crippen LogP contribution in [0.15, 0.2) is 12.5 Å². The molecule has 0 aromatic carbocycles. The Hall–Kier alpha value is -3.17. The molecular formula is C21H36N8O6S. The molecule has 1 heterocycles. The van der Waals surface area contributed by atoms with Crippen LogP contribution in [0.5, 0.6) is 0 Å². The normalized spacial score (nSPS) is 14.2. The third-order valence-corrected chi connectivity index (χ3v) is 5.82. The molecule has 4 amide bonds. The summed E-state index contributed by atoms with van der Waals surface area (Å²) in [5.41, 5.74) is 16.8. The fourth-order valence-corrected chi connectivity index (χ4v) is 3.68. The van der Waals surface area contributed by atoms with Gasteiger partial charge in [-0.3, -0.25) is 19.2 Å². The maximum atomic E-state index is 13.1. The molecule has 4 unspecified atom stereocenters. The van der Waals surface area contributed by atoms with Crippen LogP contribution in [0.3, 0.4) is 0 Å². The molecule has 202 valence electrons. The van der Waals surface area contributed by atoms with Gasteiger partial charge in [0.05, 0.1) is 18.8 Å². The SMILES string of the molecule is CSCCC(NC(=O)C(Cc1cnc[nH]1)NC(=O)C(N)CC(N)=O)C(=O)NC(CCCCN)C(=O)O. The molecule has 4 atom stereocenters. The number of carboxylic acid groups (broad SMARTS) is 1. The summed E-state index contributed by atoms with van der Waals surface area (Å²) in [5.74, 6) is -3.59. The number of primary amides is 1. The number of nitrogens with one attached hydrogen (secondary N) is 4. The standard InChI is InChI=1S/C21H36N8O6S/c1-36-7-5-14(19(32)28-15(21(34)35)4-2-3-6-22)27-20(33)16(8-12-10-25-11-26-12)29-18(31)13(23)9-17(24)30/h10-11,13-16H,2-9,22-23H2,1H3,(H2,24,30)(H,25,26)(H,27,33)(H,28,32)(H,29,31)(H,34,35). The van der Waals surface area contributed by atoms with Gasteiger partial charge in [-0.1, -0.05) is 0 Å². The van der Waals surface area contributed by atoms with E-state index in [0.717, 1.165) is 0 Å². The van der Waals surface area contributed by atoms with E-state index in [1.165, 1.54) is 24.3 Å². The molecule has 1 aromatic heterocycles. The molecule has 1 aromatic rings. The van der Waals surface area contributed by atoms with Crippen molar-refractivity contribution in [2.45, 2.75) is 62.7 Å². The van der Waals surface area contributed by atoms with Crippen LogP contribution in [0, 0.1) is 0 Å². The van der Waals surface area contributed by atoms with Crippen molar-refractivity contribution in [3.8, 4) is 0 Å². The van der Waals surface area contributed by atoms with Gasteiger partial charge in [0.25, 0.3) is 0 Å². The highest BCUT2D eigenvalue weighted by Gasteiger charge is 2.30. The van der Waals surface area contributed by atoms with Crippen LogP contribution in [-0.4, -0.2) is 87.4 Å². The van der Waals surface area contributed by atoms with Gasteiger partial charge in [0.1, 0.15) is 18.1 Å². The number of aliphatic carboxylic acids is 1. The molecule has 0 fully saturated rings. The molecule has 0 aliphatic rings. The zero-order chi connectivity index (χ0) is 27.1. The Kier molecular flexibility index (Phi) is 14.1. The van der Waals surface area contributed by atoms with E-state index >= 15 is 0 Å². The average Bonchev–Trinajstić information content (AvgIpc) is 3.33. The van der Waals surface area contributed by atoms with E-state index in [2.05, 4.69) is 25.9 Å². The Morgan fingerprint density at radius 1 is 1.03 bits per heavy atom. The summed E-state index contributed by atoms with van der Waals surface area (Å²) in [6.45, 7) is 0.402. The predicted octanol–water partition coefficient (Wildman–Crippen LogP) is -2.42. The van der Waals surface area contributed by atoms with Gasteiger partial charge < -0.3 is 43.2 Å². The highest BCUT2D eigenvalue weighted by molar-refractivity contribution is 7.98. The minimum Gasteiger partial charge on any atom is -0.480 e. The summed E-state index contributed by atoms with van der Waals surface area (Å²) >= 11 is 1.44. The van der Waals surface area contributed by atoms with Gasteiger partial charge in [-0.15, -0.1) is 0 Å². The average molecular weight is 529 g/mol. The predicted molar refractivity (Wildman–Crippen MR) is 133 cm³/mol. The molecule has 0 radical (unpaired) electrons. The van der Waals surface area contributed by atoms with E-state index < -0.39 is 60.2 Å². The number of aromatic nitrogens is 2. The number of rotatable bonds is 18. The van der Waals surface area contributed by atoms with Crippen molar-refractivity contribution in [3.63, 3.8) is 0 Å². The molecular weight excluding hydrogens is 492 g/mol. The second-order valence-electron chi connectivity index (χ2n) is 8.15. The minimum atomic E-state index is -1.26. The molecule has 14 nitrogen and oxygen atoms in total. The van der Waals surface area contributed by atoms with E-state index in [1.54, 1.807) is 0 Å². The van der Waals surface area contributed by atoms with Crippen LogP contribution < -0.4 is 33.2 Å². The first-order valence-corrected chi connectivity index (χ1v) is 12.8. The lowest BCUT2D eigenvalue weighted by atomic mass is 10.1. The van der Waals surface area contributed by atoms with Crippen molar-refractivity contribution in [1.82, 2.24) is 25.9 Å². The molecule has 0 saturated heterocycles. The van der Waals surface area contributed by atoms with E-state index in [-0.39, 0.29) is 19.3 Å². The molecule has 0 aliphatic carbocycles. The number of thioether (sulfide) groups is 1. The second-order valence-corrected chi connectivity index (χ2v) is 9.13. The van der Waals surface area contributed by atoms with Crippen molar-refractivity contribution in [3.05, 3.63) is 18.2 Å². The zero-order valence-electron chi connectivity index (χ0n) is 20.2. The third-order valence-electron chi connectivity index (χ3n) is 5.17. The number of nitrogens with two attached hydrogens (primary N) is 3. The number of hydrogen-bond acceptors (Lipinski definition) is 9. The number of carboxylic acids is 1. The Labute approximate surface area is 213 Å². The number of unbranched alkanes of at least 4 members (excludes halogenated alkanes) is 1. The molecule has 0 aliphatic heterocycles. The van der Waals surface area contributed by atoms with Crippen LogP contribution in [0.25, 0.3) is 0 Å². The van der Waals surface area contributed by atoms with Gasteiger partial charge in [-0.25, -0.2) is 9.78 Å². The smallest absolute Gasteiger partial charge is 0.326 e. The summed E-state index contributed by atoms with van der Waals surface area (Å²) in [5, 5.41) is 17.0. The molecule has 0 saturated carbocycles. The fraction of sp³-hybridized carbons (Fsp3) is 0.619. The maximum absolute atomic E-state index is 13.1. The van der Waals surface area contributed by atoms with Crippen molar-refractivity contribution in [2.75, 3.05) is 18.6 Å². The first-order valence-electron chi connectivity index (χ1n) is 11.4. The summed E-state index contributed by atoms with van der Waals surface area (Å²) in [7, 11) is 0. The number of hydrogen-bond donors (Lipinski definition) is 8. The number of carbonyl (C=O) groups excluding carboxylic acids is 4. The molecule has 0 bridgehead atoms. The molecule has 1 rings (SSSR count). The van der Waals surface area contributed by atoms with Gasteiger partial charge in [0, 0.05) is 18.3 Å². The summed E-state index contributed by atoms with van der Waals surface area (Å²) in [4.78, 5) is 67.9. The van der Waals surface area contributed by atoms with Crippen LogP contribution in [0.1, 0.15) is 37.8 Å². The Morgan fingerprint density at radius 3 is 2.22 bits per heavy atom. The Balaban J connectivity index is 3.00. The van der Waals surface area contributed by atoms with Crippen molar-refractivity contribution < 1.29 is 29.1 Å². The monoisotopic (exact) mass is 528 g/mol. The third kappa shape index (κ3) is 11.5. The van der Waals surface area contributed by atoms with Crippen molar-refractivity contribution >= 4 is 41.4 Å². The van der Waals surface area contributed by atoms with E-state index in [0.29, 0.717) is 30.8 Å². The summed E-state index contributed by atoms with van der Waals surface area (Å²) in [6, 6.07) is -4.62. The fourth-order valence-electron chi connectivity index (χ4n) is 3.21. The number of imidazole rings is 1. The van der Waals surface area contributed by atoms with Gasteiger partial charge in [0.15, 0.2) is 0 Å². The number of carbonyl (C=O) groups is 5. The van der Waals surface area contributed by atoms with E-state index in [1.807, 2.05) is 6.26 Å². The topological polar surface area (TPSA) is 248 Å². The molecule has 36 heavy (non-hydrogen) atoms. The van der Waals surface area contributed by atoms with Crippen molar-refractivity contribution in [2.24, 2.45) is 17.2 Å². The van der Waals surface area contributed by atoms with Gasteiger partial charge in [-0.05, 0) is 44.2 Å². The highest BCUT2D eigenvalue weighted by atomic mass is 32.2. The van der Waals surface area contributed by atoms with E-state index in [9.17, 15) is 29.1 Å². The van der Waals surface area contributed by atoms with Crippen molar-refractivity contribution in [1.29, 1.82) is 0 Å². The number of nitrogens with zero attached hydrogens (tertiary/aromatic N) is 1. The molecule has 11 N–H and O–H groups in total. The van der Waals surface area contributed by atoms with Crippen LogP contribution >= 0.6 is 11.8 Å². The first kappa shape index (κ1) is 30.9. The van der Waals surface area contributed by atoms with Gasteiger partial charge in [-0.2, -0.15) is 11.8 Å². The Morgan fingerprint density at radius 2 is 1.67 bits per heavy atom. The number of amides is 4. The molecule has 0 spiro atoms. The van der Waals surface area contributed by atoms with Gasteiger partial charge >= 0.3 is 5.97 Å². The Bertz CT molecular complexity index is 869. The summed E-state index contributed by atoms with van der Waals surface area (Å²) in [6.07, 6.45) is 5.81. The zero-order valence-corrected chi connectivity index (χ0v) is 21.0. The van der Waals surface area contributed by atoms with E-state index in [4.69, 9.17) is 17.2 Å². The largest absolute Gasteiger partial charge is 0.480 e. The van der Waals surface area contributed by atoms with Crippen LogP contribution in [0.2, 0.25) is 0 Å². The van der Waals surface area contributed by atoms with Crippen LogP contribution in [0.4, 0.5) is 0 Å². The van der Waals surface area contributed by atoms with Gasteiger partial charge in [0.2, 0.25) is 23.6 Å². The highest BCUT2D eigenvalue weighted by Crippen LogP contribution is 2.07. The summed E-state index contributed by atoms with van der Waals surface area (Å²) < 4.78 is 0. The molecule has 15 heteroatoms. The maximum Gasteiger partial charge on any atom is 0.326 e. The number of aromatic amines is 1. The lowest BCUT2D eigenvalue weighted by molar-refractivity contribution is -0.142. The lowest BCUT2D eigenvalue weighted by Gasteiger charge is -2.25. The minimum absolute atomic E-state index is 0.00539.